The Bertz CT molecular complexity index is 258. The van der Waals surface area contributed by atoms with E-state index in [9.17, 15) is 0 Å². The molecule has 0 bridgehead atoms. The third kappa shape index (κ3) is 5.04. The van der Waals surface area contributed by atoms with E-state index in [-0.39, 0.29) is 0 Å². The summed E-state index contributed by atoms with van der Waals surface area (Å²) in [6, 6.07) is 2.27. The lowest BCUT2D eigenvalue weighted by atomic mass is 9.88. The maximum absolute atomic E-state index is 3.96. The van der Waals surface area contributed by atoms with E-state index >= 15 is 0 Å². The molecule has 2 N–H and O–H groups in total. The summed E-state index contributed by atoms with van der Waals surface area (Å²) in [6.07, 6.45) is 12.6. The van der Waals surface area contributed by atoms with Crippen molar-refractivity contribution in [2.45, 2.75) is 96.7 Å². The highest BCUT2D eigenvalue weighted by molar-refractivity contribution is 4.93. The topological polar surface area (TPSA) is 24.1 Å². The van der Waals surface area contributed by atoms with Gasteiger partial charge in [0, 0.05) is 18.1 Å². The first-order valence-corrected chi connectivity index (χ1v) is 9.16. The first kappa shape index (κ1) is 16.3. The molecule has 20 heavy (non-hydrogen) atoms. The van der Waals surface area contributed by atoms with Crippen molar-refractivity contribution in [3.63, 3.8) is 0 Å². The first-order valence-electron chi connectivity index (χ1n) is 9.16. The van der Waals surface area contributed by atoms with Gasteiger partial charge in [-0.2, -0.15) is 0 Å². The molecule has 0 spiro atoms. The molecule has 4 unspecified atom stereocenters. The molecule has 1 saturated heterocycles. The number of nitrogens with one attached hydrogen (secondary N) is 2. The molecule has 0 aromatic rings. The third-order valence-electron chi connectivity index (χ3n) is 5.35. The van der Waals surface area contributed by atoms with Crippen LogP contribution in [-0.4, -0.2) is 24.7 Å². The average Bonchev–Trinajstić information content (AvgIpc) is 2.87. The Balaban J connectivity index is 1.72. The Labute approximate surface area is 126 Å². The molecule has 2 heteroatoms. The molecule has 1 heterocycles. The maximum Gasteiger partial charge on any atom is 0.0113 e. The molecule has 4 atom stereocenters. The average molecular weight is 280 g/mol. The quantitative estimate of drug-likeness (QED) is 0.733. The summed E-state index contributed by atoms with van der Waals surface area (Å²) in [5, 5.41) is 7.74. The van der Waals surface area contributed by atoms with Crippen molar-refractivity contribution in [1.82, 2.24) is 10.6 Å². The summed E-state index contributed by atoms with van der Waals surface area (Å²) >= 11 is 0. The highest BCUT2D eigenvalue weighted by atomic mass is 15.0. The van der Waals surface area contributed by atoms with Gasteiger partial charge in [0.25, 0.3) is 0 Å². The van der Waals surface area contributed by atoms with E-state index in [1.807, 2.05) is 0 Å². The standard InChI is InChI=1S/C18H36N2/c1-14(2)8-6-9-15(3)20-18-12-7-10-16(18)17-11-4-5-13-19-17/h14-20H,4-13H2,1-3H3. The second kappa shape index (κ2) is 8.38. The van der Waals surface area contributed by atoms with Crippen LogP contribution in [-0.2, 0) is 0 Å². The van der Waals surface area contributed by atoms with Crippen molar-refractivity contribution in [2.75, 3.05) is 6.54 Å². The van der Waals surface area contributed by atoms with Gasteiger partial charge in [-0.15, -0.1) is 0 Å². The molecule has 2 aliphatic rings. The van der Waals surface area contributed by atoms with E-state index in [0.29, 0.717) is 6.04 Å². The molecule has 2 nitrogen and oxygen atoms in total. The molecule has 1 saturated carbocycles. The zero-order valence-electron chi connectivity index (χ0n) is 14.0. The predicted octanol–water partition coefficient (Wildman–Crippen LogP) is 4.10. The number of rotatable bonds is 7. The minimum Gasteiger partial charge on any atom is -0.314 e. The van der Waals surface area contributed by atoms with Crippen LogP contribution in [0.2, 0.25) is 0 Å². The van der Waals surface area contributed by atoms with Crippen LogP contribution in [0.4, 0.5) is 0 Å². The highest BCUT2D eigenvalue weighted by Gasteiger charge is 2.34. The lowest BCUT2D eigenvalue weighted by Crippen LogP contribution is -2.48. The van der Waals surface area contributed by atoms with Crippen LogP contribution in [0.25, 0.3) is 0 Å². The van der Waals surface area contributed by atoms with E-state index in [1.165, 1.54) is 64.3 Å². The smallest absolute Gasteiger partial charge is 0.0113 e. The highest BCUT2D eigenvalue weighted by Crippen LogP contribution is 2.32. The molecule has 0 radical (unpaired) electrons. The molecule has 0 aromatic heterocycles. The van der Waals surface area contributed by atoms with Crippen LogP contribution in [0.15, 0.2) is 0 Å². The van der Waals surface area contributed by atoms with Gasteiger partial charge in [0.05, 0.1) is 0 Å². The van der Waals surface area contributed by atoms with E-state index in [2.05, 4.69) is 31.4 Å². The second-order valence-electron chi connectivity index (χ2n) is 7.65. The molecule has 2 fully saturated rings. The van der Waals surface area contributed by atoms with Crippen molar-refractivity contribution in [1.29, 1.82) is 0 Å². The Morgan fingerprint density at radius 1 is 1.00 bits per heavy atom. The summed E-state index contributed by atoms with van der Waals surface area (Å²) in [6.45, 7) is 8.31. The molecule has 1 aliphatic carbocycles. The minimum absolute atomic E-state index is 0.697. The fourth-order valence-electron chi connectivity index (χ4n) is 4.20. The van der Waals surface area contributed by atoms with Crippen molar-refractivity contribution in [3.05, 3.63) is 0 Å². The van der Waals surface area contributed by atoms with Crippen LogP contribution in [0, 0.1) is 11.8 Å². The van der Waals surface area contributed by atoms with Crippen LogP contribution in [0.3, 0.4) is 0 Å². The number of hydrogen-bond acceptors (Lipinski definition) is 2. The first-order chi connectivity index (χ1) is 9.66. The fourth-order valence-corrected chi connectivity index (χ4v) is 4.20. The molecule has 1 aliphatic heterocycles. The maximum atomic E-state index is 3.96. The van der Waals surface area contributed by atoms with E-state index in [1.54, 1.807) is 0 Å². The van der Waals surface area contributed by atoms with Gasteiger partial charge < -0.3 is 10.6 Å². The van der Waals surface area contributed by atoms with Gasteiger partial charge in [-0.1, -0.05) is 39.5 Å². The summed E-state index contributed by atoms with van der Waals surface area (Å²) in [5.74, 6) is 1.75. The van der Waals surface area contributed by atoms with Crippen molar-refractivity contribution in [2.24, 2.45) is 11.8 Å². The lowest BCUT2D eigenvalue weighted by Gasteiger charge is -2.34. The Kier molecular flexibility index (Phi) is 6.83. The van der Waals surface area contributed by atoms with E-state index in [0.717, 1.165) is 23.9 Å². The van der Waals surface area contributed by atoms with Gasteiger partial charge in [-0.3, -0.25) is 0 Å². The van der Waals surface area contributed by atoms with Gasteiger partial charge in [-0.25, -0.2) is 0 Å². The monoisotopic (exact) mass is 280 g/mol. The van der Waals surface area contributed by atoms with Crippen LogP contribution >= 0.6 is 0 Å². The van der Waals surface area contributed by atoms with E-state index < -0.39 is 0 Å². The van der Waals surface area contributed by atoms with Gasteiger partial charge in [0.15, 0.2) is 0 Å². The summed E-state index contributed by atoms with van der Waals surface area (Å²) < 4.78 is 0. The number of hydrogen-bond donors (Lipinski definition) is 2. The van der Waals surface area contributed by atoms with Gasteiger partial charge in [0.1, 0.15) is 0 Å². The second-order valence-corrected chi connectivity index (χ2v) is 7.65. The molecule has 0 aromatic carbocycles. The zero-order valence-corrected chi connectivity index (χ0v) is 14.0. The van der Waals surface area contributed by atoms with Crippen molar-refractivity contribution < 1.29 is 0 Å². The Morgan fingerprint density at radius 2 is 1.85 bits per heavy atom. The van der Waals surface area contributed by atoms with E-state index in [4.69, 9.17) is 0 Å². The Morgan fingerprint density at radius 3 is 2.55 bits per heavy atom. The molecular weight excluding hydrogens is 244 g/mol. The minimum atomic E-state index is 0.697. The van der Waals surface area contributed by atoms with Gasteiger partial charge >= 0.3 is 0 Å². The van der Waals surface area contributed by atoms with Gasteiger partial charge in [0.2, 0.25) is 0 Å². The van der Waals surface area contributed by atoms with Crippen LogP contribution in [0.1, 0.15) is 78.6 Å². The molecular formula is C18H36N2. The third-order valence-corrected chi connectivity index (χ3v) is 5.35. The summed E-state index contributed by atoms with van der Waals surface area (Å²) in [5.41, 5.74) is 0. The normalized spacial score (nSPS) is 32.7. The fraction of sp³-hybridized carbons (Fsp3) is 1.00. The largest absolute Gasteiger partial charge is 0.314 e. The lowest BCUT2D eigenvalue weighted by molar-refractivity contribution is 0.245. The SMILES string of the molecule is CC(C)CCCC(C)NC1CCCC1C1CCCCN1. The van der Waals surface area contributed by atoms with Gasteiger partial charge in [-0.05, 0) is 57.4 Å². The summed E-state index contributed by atoms with van der Waals surface area (Å²) in [7, 11) is 0. The molecule has 2 rings (SSSR count). The van der Waals surface area contributed by atoms with Crippen LogP contribution in [0.5, 0.6) is 0 Å². The predicted molar refractivity (Wildman–Crippen MR) is 88.1 cm³/mol. The molecule has 0 amide bonds. The summed E-state index contributed by atoms with van der Waals surface area (Å²) in [4.78, 5) is 0. The molecule has 118 valence electrons. The van der Waals surface area contributed by atoms with Crippen molar-refractivity contribution >= 4 is 0 Å². The van der Waals surface area contributed by atoms with Crippen molar-refractivity contribution in [3.8, 4) is 0 Å². The number of piperidine rings is 1. The van der Waals surface area contributed by atoms with Crippen LogP contribution < -0.4 is 10.6 Å². The zero-order chi connectivity index (χ0) is 14.4. The Hall–Kier alpha value is -0.0800.